The quantitative estimate of drug-likeness (QED) is 0.612. The van der Waals surface area contributed by atoms with Crippen molar-refractivity contribution in [1.82, 2.24) is 0 Å². The van der Waals surface area contributed by atoms with Crippen molar-refractivity contribution in [2.45, 2.75) is 38.7 Å². The molecule has 0 fully saturated rings. The highest BCUT2D eigenvalue weighted by atomic mass is 32.1. The molecule has 2 rings (SSSR count). The summed E-state index contributed by atoms with van der Waals surface area (Å²) in [4.78, 5) is 2.56. The lowest BCUT2D eigenvalue weighted by Crippen LogP contribution is -1.92. The van der Waals surface area contributed by atoms with E-state index in [0.29, 0.717) is 0 Å². The zero-order chi connectivity index (χ0) is 8.55. The van der Waals surface area contributed by atoms with Gasteiger partial charge in [-0.3, -0.25) is 0 Å². The Bertz CT molecular complexity index is 277. The van der Waals surface area contributed by atoms with E-state index in [2.05, 4.69) is 13.0 Å². The molecule has 1 N–H and O–H groups in total. The summed E-state index contributed by atoms with van der Waals surface area (Å²) in [6.45, 7) is 2.12. The van der Waals surface area contributed by atoms with Crippen LogP contribution in [0.5, 0.6) is 0 Å². The standard InChI is InChI=1S/C10H14OS/c1-7-6-8-4-2-3-5-9(11)10(8)12-7/h6,9,11H,2-5H2,1H3. The minimum Gasteiger partial charge on any atom is -0.388 e. The molecule has 66 valence electrons. The van der Waals surface area contributed by atoms with Crippen LogP contribution in [0, 0.1) is 6.92 Å². The van der Waals surface area contributed by atoms with Gasteiger partial charge in [0.1, 0.15) is 0 Å². The zero-order valence-corrected chi connectivity index (χ0v) is 8.16. The van der Waals surface area contributed by atoms with E-state index < -0.39 is 0 Å². The number of aliphatic hydroxyl groups excluding tert-OH is 1. The molecule has 0 bridgehead atoms. The van der Waals surface area contributed by atoms with Crippen molar-refractivity contribution in [2.24, 2.45) is 0 Å². The molecule has 1 atom stereocenters. The maximum absolute atomic E-state index is 9.77. The molecule has 0 aromatic carbocycles. The van der Waals surface area contributed by atoms with E-state index in [1.807, 2.05) is 0 Å². The van der Waals surface area contributed by atoms with Crippen molar-refractivity contribution in [1.29, 1.82) is 0 Å². The first-order chi connectivity index (χ1) is 5.77. The molecule has 1 nitrogen and oxygen atoms in total. The fraction of sp³-hybridized carbons (Fsp3) is 0.600. The van der Waals surface area contributed by atoms with Crippen LogP contribution in [-0.2, 0) is 6.42 Å². The van der Waals surface area contributed by atoms with Gasteiger partial charge in [0.2, 0.25) is 0 Å². The number of thiophene rings is 1. The maximum Gasteiger partial charge on any atom is 0.0884 e. The van der Waals surface area contributed by atoms with Gasteiger partial charge in [-0.2, -0.15) is 0 Å². The number of hydrogen-bond donors (Lipinski definition) is 1. The summed E-state index contributed by atoms with van der Waals surface area (Å²) in [6.07, 6.45) is 4.34. The highest BCUT2D eigenvalue weighted by Gasteiger charge is 2.18. The predicted molar refractivity (Wildman–Crippen MR) is 51.6 cm³/mol. The predicted octanol–water partition coefficient (Wildman–Crippen LogP) is 2.82. The van der Waals surface area contributed by atoms with E-state index in [1.54, 1.807) is 11.3 Å². The topological polar surface area (TPSA) is 20.2 Å². The van der Waals surface area contributed by atoms with Gasteiger partial charge in [-0.15, -0.1) is 11.3 Å². The Kier molecular flexibility index (Phi) is 2.20. The van der Waals surface area contributed by atoms with Gasteiger partial charge in [0, 0.05) is 9.75 Å². The number of fused-ring (bicyclic) bond motifs is 1. The Morgan fingerprint density at radius 3 is 3.17 bits per heavy atom. The maximum atomic E-state index is 9.77. The molecule has 2 heteroatoms. The van der Waals surface area contributed by atoms with E-state index in [9.17, 15) is 5.11 Å². The summed E-state index contributed by atoms with van der Waals surface area (Å²) in [5.41, 5.74) is 1.39. The average Bonchev–Trinajstić information content (AvgIpc) is 2.33. The minimum atomic E-state index is -0.179. The zero-order valence-electron chi connectivity index (χ0n) is 7.34. The van der Waals surface area contributed by atoms with Gasteiger partial charge < -0.3 is 5.11 Å². The molecular weight excluding hydrogens is 168 g/mol. The number of hydrogen-bond acceptors (Lipinski definition) is 2. The van der Waals surface area contributed by atoms with Crippen molar-refractivity contribution in [2.75, 3.05) is 0 Å². The first-order valence-electron chi connectivity index (χ1n) is 4.54. The highest BCUT2D eigenvalue weighted by Crippen LogP contribution is 2.34. The van der Waals surface area contributed by atoms with E-state index in [0.717, 1.165) is 12.8 Å². The second kappa shape index (κ2) is 3.19. The van der Waals surface area contributed by atoms with E-state index >= 15 is 0 Å². The van der Waals surface area contributed by atoms with Gasteiger partial charge in [0.05, 0.1) is 6.10 Å². The van der Waals surface area contributed by atoms with Gasteiger partial charge in [-0.1, -0.05) is 6.42 Å². The first-order valence-corrected chi connectivity index (χ1v) is 5.36. The van der Waals surface area contributed by atoms with E-state index in [-0.39, 0.29) is 6.10 Å². The lowest BCUT2D eigenvalue weighted by molar-refractivity contribution is 0.170. The van der Waals surface area contributed by atoms with E-state index in [1.165, 1.54) is 28.2 Å². The van der Waals surface area contributed by atoms with Crippen molar-refractivity contribution in [3.05, 3.63) is 21.4 Å². The van der Waals surface area contributed by atoms with Crippen molar-refractivity contribution < 1.29 is 5.11 Å². The van der Waals surface area contributed by atoms with Crippen molar-refractivity contribution in [3.8, 4) is 0 Å². The Labute approximate surface area is 77.0 Å². The summed E-state index contributed by atoms with van der Waals surface area (Å²) in [5, 5.41) is 9.77. The molecule has 1 aliphatic carbocycles. The monoisotopic (exact) mass is 182 g/mol. The molecule has 0 amide bonds. The van der Waals surface area contributed by atoms with Gasteiger partial charge in [-0.05, 0) is 37.8 Å². The Morgan fingerprint density at radius 1 is 1.50 bits per heavy atom. The number of aliphatic hydroxyl groups is 1. The molecule has 12 heavy (non-hydrogen) atoms. The Morgan fingerprint density at radius 2 is 2.33 bits per heavy atom. The molecule has 1 aromatic rings. The van der Waals surface area contributed by atoms with Gasteiger partial charge in [0.15, 0.2) is 0 Å². The van der Waals surface area contributed by atoms with Crippen LogP contribution in [0.4, 0.5) is 0 Å². The van der Waals surface area contributed by atoms with Crippen LogP contribution in [0.25, 0.3) is 0 Å². The third-order valence-corrected chi connectivity index (χ3v) is 3.64. The minimum absolute atomic E-state index is 0.179. The second-order valence-electron chi connectivity index (χ2n) is 3.51. The highest BCUT2D eigenvalue weighted by molar-refractivity contribution is 7.12. The van der Waals surface area contributed by atoms with Crippen LogP contribution >= 0.6 is 11.3 Å². The fourth-order valence-electron chi connectivity index (χ4n) is 1.85. The van der Waals surface area contributed by atoms with Gasteiger partial charge in [-0.25, -0.2) is 0 Å². The smallest absolute Gasteiger partial charge is 0.0884 e. The molecule has 0 aliphatic heterocycles. The van der Waals surface area contributed by atoms with Gasteiger partial charge >= 0.3 is 0 Å². The van der Waals surface area contributed by atoms with Crippen molar-refractivity contribution >= 4 is 11.3 Å². The molecule has 1 heterocycles. The summed E-state index contributed by atoms with van der Waals surface area (Å²) in [7, 11) is 0. The normalized spacial score (nSPS) is 23.3. The molecule has 1 unspecified atom stereocenters. The molecule has 0 spiro atoms. The first kappa shape index (κ1) is 8.27. The molecule has 1 aliphatic rings. The third-order valence-electron chi connectivity index (χ3n) is 2.44. The lowest BCUT2D eigenvalue weighted by Gasteiger charge is -2.04. The van der Waals surface area contributed by atoms with Crippen LogP contribution in [0.1, 0.15) is 40.7 Å². The Balaban J connectivity index is 2.38. The molecule has 0 saturated carbocycles. The van der Waals surface area contributed by atoms with Gasteiger partial charge in [0.25, 0.3) is 0 Å². The summed E-state index contributed by atoms with van der Waals surface area (Å²) in [5.74, 6) is 0. The largest absolute Gasteiger partial charge is 0.388 e. The van der Waals surface area contributed by atoms with Crippen LogP contribution in [0.3, 0.4) is 0 Å². The third kappa shape index (κ3) is 1.41. The van der Waals surface area contributed by atoms with Crippen LogP contribution < -0.4 is 0 Å². The van der Waals surface area contributed by atoms with Crippen LogP contribution in [0.2, 0.25) is 0 Å². The van der Waals surface area contributed by atoms with Crippen LogP contribution in [0.15, 0.2) is 6.07 Å². The molecular formula is C10H14OS. The molecule has 0 saturated heterocycles. The van der Waals surface area contributed by atoms with Crippen LogP contribution in [-0.4, -0.2) is 5.11 Å². The summed E-state index contributed by atoms with van der Waals surface area (Å²) < 4.78 is 0. The fourth-order valence-corrected chi connectivity index (χ4v) is 2.94. The van der Waals surface area contributed by atoms with E-state index in [4.69, 9.17) is 0 Å². The molecule has 0 radical (unpaired) electrons. The summed E-state index contributed by atoms with van der Waals surface area (Å²) >= 11 is 1.76. The molecule has 1 aromatic heterocycles. The average molecular weight is 182 g/mol. The SMILES string of the molecule is Cc1cc2c(s1)C(O)CCCC2. The second-order valence-corrected chi connectivity index (χ2v) is 4.80. The Hall–Kier alpha value is -0.340. The number of rotatable bonds is 0. The summed E-state index contributed by atoms with van der Waals surface area (Å²) in [6, 6.07) is 2.23. The van der Waals surface area contributed by atoms with Crippen molar-refractivity contribution in [3.63, 3.8) is 0 Å². The number of aryl methyl sites for hydroxylation is 2. The lowest BCUT2D eigenvalue weighted by atomic mass is 10.1.